The molecule has 0 fully saturated rings. The molecule has 3 N–H and O–H groups in total. The van der Waals surface area contributed by atoms with Crippen molar-refractivity contribution < 1.29 is 13.2 Å². The summed E-state index contributed by atoms with van der Waals surface area (Å²) >= 11 is 0. The van der Waals surface area contributed by atoms with Crippen LogP contribution in [0.25, 0.3) is 0 Å². The largest absolute Gasteiger partial charge is 0.329 e. The van der Waals surface area contributed by atoms with Crippen molar-refractivity contribution >= 4 is 21.6 Å². The normalized spacial score (nSPS) is 18.5. The van der Waals surface area contributed by atoms with Gasteiger partial charge in [-0.2, -0.15) is 0 Å². The van der Waals surface area contributed by atoms with Gasteiger partial charge in [-0.3, -0.25) is 4.79 Å². The smallest absolute Gasteiger partial charge is 0.240 e. The van der Waals surface area contributed by atoms with Gasteiger partial charge in [-0.15, -0.1) is 0 Å². The lowest BCUT2D eigenvalue weighted by atomic mass is 10.1. The lowest BCUT2D eigenvalue weighted by Gasteiger charge is -2.21. The molecule has 2 atom stereocenters. The Bertz CT molecular complexity index is 703. The molecule has 1 aliphatic heterocycles. The van der Waals surface area contributed by atoms with Crippen LogP contribution in [0.5, 0.6) is 0 Å². The predicted octanol–water partition coefficient (Wildman–Crippen LogP) is 1.78. The number of hydrogen-bond acceptors (Lipinski definition) is 4. The molecule has 1 amide bonds. The van der Waals surface area contributed by atoms with Gasteiger partial charge in [-0.1, -0.05) is 19.8 Å². The number of hydrogen-bond donors (Lipinski definition) is 2. The van der Waals surface area contributed by atoms with E-state index >= 15 is 0 Å². The first-order chi connectivity index (χ1) is 11.3. The third-order valence-corrected chi connectivity index (χ3v) is 5.95. The summed E-state index contributed by atoms with van der Waals surface area (Å²) in [4.78, 5) is 13.7. The summed E-state index contributed by atoms with van der Waals surface area (Å²) in [5.74, 6) is -0.0299. The van der Waals surface area contributed by atoms with Crippen LogP contribution in [0.15, 0.2) is 23.1 Å². The Labute approximate surface area is 144 Å². The van der Waals surface area contributed by atoms with E-state index in [4.69, 9.17) is 5.73 Å². The molecule has 1 heterocycles. The molecule has 2 unspecified atom stereocenters. The van der Waals surface area contributed by atoms with Crippen molar-refractivity contribution in [3.05, 3.63) is 23.8 Å². The molecular weight excluding hydrogens is 326 g/mol. The fourth-order valence-corrected chi connectivity index (χ4v) is 4.55. The zero-order valence-electron chi connectivity index (χ0n) is 14.6. The minimum atomic E-state index is -3.61. The Morgan fingerprint density at radius 2 is 2.17 bits per heavy atom. The van der Waals surface area contributed by atoms with Crippen molar-refractivity contribution in [2.45, 2.75) is 63.4 Å². The molecule has 0 aromatic heterocycles. The first kappa shape index (κ1) is 18.9. The van der Waals surface area contributed by atoms with Crippen LogP contribution >= 0.6 is 0 Å². The minimum Gasteiger partial charge on any atom is -0.329 e. The highest BCUT2D eigenvalue weighted by atomic mass is 32.2. The Hall–Kier alpha value is -1.44. The van der Waals surface area contributed by atoms with Crippen molar-refractivity contribution in [1.29, 1.82) is 0 Å². The molecule has 1 aromatic rings. The molecule has 1 aromatic carbocycles. The molecule has 0 saturated heterocycles. The van der Waals surface area contributed by atoms with Gasteiger partial charge in [0.2, 0.25) is 15.9 Å². The minimum absolute atomic E-state index is 0.0299. The van der Waals surface area contributed by atoms with Crippen molar-refractivity contribution in [3.63, 3.8) is 0 Å². The first-order valence-electron chi connectivity index (χ1n) is 8.45. The summed E-state index contributed by atoms with van der Waals surface area (Å²) in [6, 6.07) is 4.74. The molecule has 7 heteroatoms. The molecule has 0 radical (unpaired) electrons. The fraction of sp³-hybridized carbons (Fsp3) is 0.588. The van der Waals surface area contributed by atoms with Crippen molar-refractivity contribution in [2.75, 3.05) is 11.4 Å². The van der Waals surface area contributed by atoms with Gasteiger partial charge >= 0.3 is 0 Å². The Morgan fingerprint density at radius 3 is 2.75 bits per heavy atom. The van der Waals surface area contributed by atoms with Crippen LogP contribution in [0.1, 0.15) is 45.6 Å². The van der Waals surface area contributed by atoms with Crippen LogP contribution in [0, 0.1) is 0 Å². The molecule has 0 spiro atoms. The summed E-state index contributed by atoms with van der Waals surface area (Å²) in [5.41, 5.74) is 7.38. The molecule has 0 aliphatic carbocycles. The van der Waals surface area contributed by atoms with E-state index in [0.717, 1.165) is 30.5 Å². The van der Waals surface area contributed by atoms with E-state index in [2.05, 4.69) is 11.6 Å². The first-order valence-corrected chi connectivity index (χ1v) is 9.93. The topological polar surface area (TPSA) is 92.5 Å². The van der Waals surface area contributed by atoms with E-state index in [1.54, 1.807) is 23.1 Å². The standard InChI is InChI=1S/C17H27N3O3S/c1-4-5-6-15(11-18)19-24(22,23)16-7-8-17-14(10-16)9-12(2)20(17)13(3)21/h7-8,10,12,15,19H,4-6,9,11,18H2,1-3H3. The van der Waals surface area contributed by atoms with Gasteiger partial charge in [0.1, 0.15) is 0 Å². The van der Waals surface area contributed by atoms with E-state index < -0.39 is 10.0 Å². The maximum Gasteiger partial charge on any atom is 0.240 e. The van der Waals surface area contributed by atoms with E-state index in [1.165, 1.54) is 6.92 Å². The lowest BCUT2D eigenvalue weighted by molar-refractivity contribution is -0.116. The second kappa shape index (κ2) is 7.63. The molecule has 1 aliphatic rings. The van der Waals surface area contributed by atoms with Crippen LogP contribution in [0.2, 0.25) is 0 Å². The van der Waals surface area contributed by atoms with Crippen molar-refractivity contribution in [3.8, 4) is 0 Å². The molecule has 2 rings (SSSR count). The van der Waals surface area contributed by atoms with E-state index in [1.807, 2.05) is 6.92 Å². The Balaban J connectivity index is 2.24. The predicted molar refractivity (Wildman–Crippen MR) is 95.5 cm³/mol. The SMILES string of the molecule is CCCCC(CN)NS(=O)(=O)c1ccc2c(c1)CC(C)N2C(C)=O. The molecule has 0 bridgehead atoms. The van der Waals surface area contributed by atoms with E-state index in [9.17, 15) is 13.2 Å². The van der Waals surface area contributed by atoms with Gasteiger partial charge < -0.3 is 10.6 Å². The van der Waals surface area contributed by atoms with Crippen LogP contribution in [-0.4, -0.2) is 33.0 Å². The van der Waals surface area contributed by atoms with Gasteiger partial charge in [-0.25, -0.2) is 13.1 Å². The number of rotatable bonds is 7. The Kier molecular flexibility index (Phi) is 6.01. The van der Waals surface area contributed by atoms with Crippen LogP contribution in [0.4, 0.5) is 5.69 Å². The summed E-state index contributed by atoms with van der Waals surface area (Å²) in [6.07, 6.45) is 3.32. The van der Waals surface area contributed by atoms with Crippen molar-refractivity contribution in [2.24, 2.45) is 5.73 Å². The van der Waals surface area contributed by atoms with Crippen molar-refractivity contribution in [1.82, 2.24) is 4.72 Å². The van der Waals surface area contributed by atoms with Gasteiger partial charge in [0.25, 0.3) is 0 Å². The van der Waals surface area contributed by atoms with Gasteiger partial charge in [-0.05, 0) is 43.5 Å². The summed E-state index contributed by atoms with van der Waals surface area (Å²) in [6.45, 7) is 5.82. The molecule has 6 nitrogen and oxygen atoms in total. The summed E-state index contributed by atoms with van der Waals surface area (Å²) in [7, 11) is -3.61. The highest BCUT2D eigenvalue weighted by Gasteiger charge is 2.30. The van der Waals surface area contributed by atoms with E-state index in [-0.39, 0.29) is 29.4 Å². The molecular formula is C17H27N3O3S. The number of carbonyl (C=O) groups excluding carboxylic acids is 1. The fourth-order valence-electron chi connectivity index (χ4n) is 3.22. The highest BCUT2D eigenvalue weighted by molar-refractivity contribution is 7.89. The van der Waals surface area contributed by atoms with Gasteiger partial charge in [0.15, 0.2) is 0 Å². The van der Waals surface area contributed by atoms with Crippen LogP contribution in [-0.2, 0) is 21.2 Å². The number of nitrogens with one attached hydrogen (secondary N) is 1. The lowest BCUT2D eigenvalue weighted by Crippen LogP contribution is -2.40. The number of benzene rings is 1. The summed E-state index contributed by atoms with van der Waals surface area (Å²) in [5, 5.41) is 0. The number of nitrogens with two attached hydrogens (primary N) is 1. The quantitative estimate of drug-likeness (QED) is 0.781. The zero-order valence-corrected chi connectivity index (χ0v) is 15.4. The Morgan fingerprint density at radius 1 is 1.46 bits per heavy atom. The second-order valence-corrected chi connectivity index (χ2v) is 8.14. The third-order valence-electron chi connectivity index (χ3n) is 4.43. The molecule has 0 saturated carbocycles. The average molecular weight is 353 g/mol. The summed E-state index contributed by atoms with van der Waals surface area (Å²) < 4.78 is 27.9. The average Bonchev–Trinajstić information content (AvgIpc) is 2.86. The zero-order chi connectivity index (χ0) is 17.9. The number of anilines is 1. The maximum absolute atomic E-state index is 12.6. The molecule has 24 heavy (non-hydrogen) atoms. The number of sulfonamides is 1. The number of fused-ring (bicyclic) bond motifs is 1. The number of unbranched alkanes of at least 4 members (excludes halogenated alkanes) is 1. The second-order valence-electron chi connectivity index (χ2n) is 6.43. The van der Waals surface area contributed by atoms with Gasteiger partial charge in [0, 0.05) is 31.2 Å². The number of amides is 1. The monoisotopic (exact) mass is 353 g/mol. The van der Waals surface area contributed by atoms with Crippen LogP contribution in [0.3, 0.4) is 0 Å². The van der Waals surface area contributed by atoms with Gasteiger partial charge in [0.05, 0.1) is 4.90 Å². The maximum atomic E-state index is 12.6. The van der Waals surface area contributed by atoms with Crippen LogP contribution < -0.4 is 15.4 Å². The molecule has 134 valence electrons. The third kappa shape index (κ3) is 3.96. The number of carbonyl (C=O) groups is 1. The highest BCUT2D eigenvalue weighted by Crippen LogP contribution is 2.33. The number of nitrogens with zero attached hydrogens (tertiary/aromatic N) is 1. The van der Waals surface area contributed by atoms with E-state index in [0.29, 0.717) is 6.42 Å².